The summed E-state index contributed by atoms with van der Waals surface area (Å²) in [5.41, 5.74) is 1.73. The quantitative estimate of drug-likeness (QED) is 0.486. The molecule has 7 nitrogen and oxygen atoms in total. The van der Waals surface area contributed by atoms with Crippen LogP contribution in [0.2, 0.25) is 0 Å². The van der Waals surface area contributed by atoms with Crippen molar-refractivity contribution in [3.05, 3.63) is 78.1 Å². The molecule has 3 heterocycles. The predicted octanol–water partition coefficient (Wildman–Crippen LogP) is 3.51. The normalized spacial score (nSPS) is 21.4. The van der Waals surface area contributed by atoms with E-state index < -0.39 is 5.54 Å². The fourth-order valence-corrected chi connectivity index (χ4v) is 5.47. The van der Waals surface area contributed by atoms with Crippen molar-refractivity contribution in [3.8, 4) is 0 Å². The van der Waals surface area contributed by atoms with Gasteiger partial charge in [-0.1, -0.05) is 42.5 Å². The van der Waals surface area contributed by atoms with Crippen LogP contribution in [0.15, 0.2) is 67.0 Å². The Morgan fingerprint density at radius 1 is 0.972 bits per heavy atom. The van der Waals surface area contributed by atoms with Crippen LogP contribution in [0.25, 0.3) is 10.8 Å². The van der Waals surface area contributed by atoms with Gasteiger partial charge < -0.3 is 15.5 Å². The van der Waals surface area contributed by atoms with Gasteiger partial charge in [0.1, 0.15) is 0 Å². The second-order valence-electron chi connectivity index (χ2n) is 10.1. The van der Waals surface area contributed by atoms with E-state index in [0.29, 0.717) is 45.2 Å². The molecule has 0 spiro atoms. The summed E-state index contributed by atoms with van der Waals surface area (Å²) in [6.07, 6.45) is 7.49. The Balaban J connectivity index is 1.30. The SMILES string of the molecule is O=C1CC[C@@H](CN(Cc2ccncc2)C(=O)CC[C@@]2(Cc3ccc4ccccc4c3)CCC(=O)N2)N1. The summed E-state index contributed by atoms with van der Waals surface area (Å²) in [6.45, 7) is 0.953. The zero-order valence-electron chi connectivity index (χ0n) is 20.4. The van der Waals surface area contributed by atoms with Crippen molar-refractivity contribution in [2.45, 2.75) is 63.1 Å². The molecule has 2 aromatic carbocycles. The van der Waals surface area contributed by atoms with Crippen LogP contribution in [0.1, 0.15) is 49.7 Å². The van der Waals surface area contributed by atoms with Crippen LogP contribution in [-0.2, 0) is 27.3 Å². The van der Waals surface area contributed by atoms with Crippen molar-refractivity contribution in [1.29, 1.82) is 0 Å². The first-order valence-electron chi connectivity index (χ1n) is 12.7. The van der Waals surface area contributed by atoms with E-state index in [1.54, 1.807) is 12.4 Å². The first-order chi connectivity index (χ1) is 17.5. The molecule has 2 aliphatic rings. The van der Waals surface area contributed by atoms with Crippen LogP contribution in [0.3, 0.4) is 0 Å². The van der Waals surface area contributed by atoms with Gasteiger partial charge in [0, 0.05) is 56.3 Å². The van der Waals surface area contributed by atoms with Gasteiger partial charge in [-0.2, -0.15) is 0 Å². The molecule has 0 unspecified atom stereocenters. The molecule has 36 heavy (non-hydrogen) atoms. The van der Waals surface area contributed by atoms with Crippen LogP contribution in [0.5, 0.6) is 0 Å². The minimum absolute atomic E-state index is 0.0268. The number of amides is 3. The van der Waals surface area contributed by atoms with Crippen molar-refractivity contribution >= 4 is 28.5 Å². The lowest BCUT2D eigenvalue weighted by atomic mass is 9.84. The van der Waals surface area contributed by atoms with Gasteiger partial charge in [-0.15, -0.1) is 0 Å². The average Bonchev–Trinajstić information content (AvgIpc) is 3.47. The van der Waals surface area contributed by atoms with Gasteiger partial charge in [-0.3, -0.25) is 19.4 Å². The van der Waals surface area contributed by atoms with Crippen LogP contribution in [0.4, 0.5) is 0 Å². The molecule has 0 saturated carbocycles. The third-order valence-electron chi connectivity index (χ3n) is 7.41. The molecule has 0 bridgehead atoms. The molecule has 2 atom stereocenters. The Bertz CT molecular complexity index is 1260. The van der Waals surface area contributed by atoms with E-state index in [1.165, 1.54) is 10.8 Å². The van der Waals surface area contributed by atoms with Gasteiger partial charge in [0.05, 0.1) is 0 Å². The van der Waals surface area contributed by atoms with Gasteiger partial charge >= 0.3 is 0 Å². The van der Waals surface area contributed by atoms with Crippen LogP contribution in [-0.4, -0.2) is 45.7 Å². The Labute approximate surface area is 211 Å². The fraction of sp³-hybridized carbons (Fsp3) is 0.379. The Morgan fingerprint density at radius 3 is 2.50 bits per heavy atom. The molecule has 2 saturated heterocycles. The molecule has 0 radical (unpaired) electrons. The molecule has 3 amide bonds. The molecule has 7 heteroatoms. The standard InChI is InChI=1S/C29H32N4O3/c34-26-8-7-25(31-26)20-33(19-21-11-15-30-16-12-21)28(36)10-14-29(13-9-27(35)32-29)18-22-5-6-23-3-1-2-4-24(23)17-22/h1-6,11-12,15-17,25H,7-10,13-14,18-20H2,(H,31,34)(H,32,35)/t25-,29+/m0/s1. The van der Waals surface area contributed by atoms with Gasteiger partial charge in [-0.05, 0) is 59.7 Å². The highest BCUT2D eigenvalue weighted by Crippen LogP contribution is 2.31. The first kappa shape index (κ1) is 24.0. The molecular formula is C29H32N4O3. The number of carbonyl (C=O) groups excluding carboxylic acids is 3. The molecule has 3 aromatic rings. The predicted molar refractivity (Wildman–Crippen MR) is 138 cm³/mol. The number of hydrogen-bond acceptors (Lipinski definition) is 4. The van der Waals surface area contributed by atoms with E-state index in [9.17, 15) is 14.4 Å². The van der Waals surface area contributed by atoms with Crippen LogP contribution in [0, 0.1) is 0 Å². The summed E-state index contributed by atoms with van der Waals surface area (Å²) in [4.78, 5) is 43.4. The number of nitrogens with zero attached hydrogens (tertiary/aromatic N) is 2. The average molecular weight is 485 g/mol. The smallest absolute Gasteiger partial charge is 0.223 e. The number of aromatic nitrogens is 1. The second-order valence-corrected chi connectivity index (χ2v) is 10.1. The third-order valence-corrected chi connectivity index (χ3v) is 7.41. The number of carbonyl (C=O) groups is 3. The number of pyridine rings is 1. The third kappa shape index (κ3) is 5.73. The van der Waals surface area contributed by atoms with E-state index in [-0.39, 0.29) is 23.8 Å². The fourth-order valence-electron chi connectivity index (χ4n) is 5.47. The van der Waals surface area contributed by atoms with Crippen molar-refractivity contribution in [2.75, 3.05) is 6.54 Å². The highest BCUT2D eigenvalue weighted by atomic mass is 16.2. The minimum atomic E-state index is -0.431. The number of rotatable bonds is 9. The lowest BCUT2D eigenvalue weighted by molar-refractivity contribution is -0.133. The maximum atomic E-state index is 13.5. The highest BCUT2D eigenvalue weighted by Gasteiger charge is 2.38. The minimum Gasteiger partial charge on any atom is -0.352 e. The summed E-state index contributed by atoms with van der Waals surface area (Å²) >= 11 is 0. The maximum absolute atomic E-state index is 13.5. The first-order valence-corrected chi connectivity index (χ1v) is 12.7. The monoisotopic (exact) mass is 484 g/mol. The van der Waals surface area contributed by atoms with Crippen molar-refractivity contribution in [2.24, 2.45) is 0 Å². The number of hydrogen-bond donors (Lipinski definition) is 2. The molecule has 186 valence electrons. The Kier molecular flexibility index (Phi) is 6.98. The van der Waals surface area contributed by atoms with E-state index in [1.807, 2.05) is 29.2 Å². The van der Waals surface area contributed by atoms with Gasteiger partial charge in [0.15, 0.2) is 0 Å². The highest BCUT2D eigenvalue weighted by molar-refractivity contribution is 5.83. The van der Waals surface area contributed by atoms with Gasteiger partial charge in [-0.25, -0.2) is 0 Å². The number of benzene rings is 2. The lowest BCUT2D eigenvalue weighted by Crippen LogP contribution is -2.46. The summed E-state index contributed by atoms with van der Waals surface area (Å²) in [5, 5.41) is 8.55. The molecule has 2 aliphatic heterocycles. The largest absolute Gasteiger partial charge is 0.352 e. The molecule has 2 fully saturated rings. The topological polar surface area (TPSA) is 91.4 Å². The zero-order chi connectivity index (χ0) is 25.0. The summed E-state index contributed by atoms with van der Waals surface area (Å²) in [7, 11) is 0. The summed E-state index contributed by atoms with van der Waals surface area (Å²) in [6, 6.07) is 18.5. The summed E-state index contributed by atoms with van der Waals surface area (Å²) < 4.78 is 0. The van der Waals surface area contributed by atoms with Gasteiger partial charge in [0.25, 0.3) is 0 Å². The second kappa shape index (κ2) is 10.5. The Morgan fingerprint density at radius 2 is 1.78 bits per heavy atom. The molecule has 0 aliphatic carbocycles. The zero-order valence-corrected chi connectivity index (χ0v) is 20.4. The van der Waals surface area contributed by atoms with E-state index in [4.69, 9.17) is 0 Å². The van der Waals surface area contributed by atoms with E-state index in [0.717, 1.165) is 24.0 Å². The van der Waals surface area contributed by atoms with Crippen molar-refractivity contribution in [3.63, 3.8) is 0 Å². The number of fused-ring (bicyclic) bond motifs is 1. The molecule has 1 aromatic heterocycles. The Hall–Kier alpha value is -3.74. The number of nitrogens with one attached hydrogen (secondary N) is 2. The van der Waals surface area contributed by atoms with E-state index >= 15 is 0 Å². The van der Waals surface area contributed by atoms with Crippen molar-refractivity contribution < 1.29 is 14.4 Å². The lowest BCUT2D eigenvalue weighted by Gasteiger charge is -2.31. The van der Waals surface area contributed by atoms with Crippen LogP contribution >= 0.6 is 0 Å². The molecule has 2 N–H and O–H groups in total. The van der Waals surface area contributed by atoms with E-state index in [2.05, 4.69) is 45.9 Å². The van der Waals surface area contributed by atoms with Gasteiger partial charge in [0.2, 0.25) is 17.7 Å². The maximum Gasteiger partial charge on any atom is 0.223 e. The summed E-state index contributed by atoms with van der Waals surface area (Å²) in [5.74, 6) is 0.122. The van der Waals surface area contributed by atoms with Crippen LogP contribution < -0.4 is 10.6 Å². The molecular weight excluding hydrogens is 452 g/mol. The van der Waals surface area contributed by atoms with Crippen molar-refractivity contribution in [1.82, 2.24) is 20.5 Å². The molecule has 5 rings (SSSR count).